The highest BCUT2D eigenvalue weighted by molar-refractivity contribution is 5.94. The molecule has 1 aliphatic carbocycles. The van der Waals surface area contributed by atoms with Crippen molar-refractivity contribution in [2.45, 2.75) is 31.4 Å². The molecule has 4 atom stereocenters. The van der Waals surface area contributed by atoms with Crippen molar-refractivity contribution in [2.24, 2.45) is 11.8 Å². The first kappa shape index (κ1) is 15.3. The van der Waals surface area contributed by atoms with E-state index in [1.807, 2.05) is 0 Å². The Morgan fingerprint density at radius 3 is 3.05 bits per heavy atom. The third kappa shape index (κ3) is 2.96. The number of aliphatic hydroxyl groups is 1. The minimum absolute atomic E-state index is 0.171. The number of hydrogen-bond donors (Lipinski definition) is 3. The second-order valence-corrected chi connectivity index (χ2v) is 6.67. The quantitative estimate of drug-likeness (QED) is 0.781. The average molecular weight is 304 g/mol. The van der Waals surface area contributed by atoms with Crippen LogP contribution in [0, 0.1) is 11.8 Å². The van der Waals surface area contributed by atoms with Crippen LogP contribution in [0.2, 0.25) is 0 Å². The zero-order valence-corrected chi connectivity index (χ0v) is 13.1. The van der Waals surface area contributed by atoms with Gasteiger partial charge in [0.25, 0.3) is 5.91 Å². The molecular weight excluding hydrogens is 280 g/mol. The molecule has 0 radical (unpaired) electrons. The Labute approximate surface area is 131 Å². The fourth-order valence-corrected chi connectivity index (χ4v) is 3.88. The number of hydrogen-bond acceptors (Lipinski definition) is 4. The normalized spacial score (nSPS) is 33.5. The van der Waals surface area contributed by atoms with E-state index in [0.717, 1.165) is 19.4 Å². The van der Waals surface area contributed by atoms with Crippen LogP contribution in [0.4, 0.5) is 0 Å². The number of amides is 1. The van der Waals surface area contributed by atoms with E-state index in [1.54, 1.807) is 31.4 Å². The fraction of sp³-hybridized carbons (Fsp3) is 0.588. The molecule has 5 nitrogen and oxygen atoms in total. The molecule has 1 heterocycles. The van der Waals surface area contributed by atoms with Crippen LogP contribution in [0.15, 0.2) is 24.3 Å². The van der Waals surface area contributed by atoms with E-state index in [-0.39, 0.29) is 5.91 Å². The molecule has 120 valence electrons. The van der Waals surface area contributed by atoms with Gasteiger partial charge in [-0.1, -0.05) is 6.07 Å². The summed E-state index contributed by atoms with van der Waals surface area (Å²) < 4.78 is 5.13. The molecule has 0 spiro atoms. The second kappa shape index (κ2) is 5.89. The first-order chi connectivity index (χ1) is 10.5. The monoisotopic (exact) mass is 304 g/mol. The lowest BCUT2D eigenvalue weighted by Gasteiger charge is -2.25. The summed E-state index contributed by atoms with van der Waals surface area (Å²) in [7, 11) is 1.58. The zero-order valence-electron chi connectivity index (χ0n) is 13.1. The average Bonchev–Trinajstić information content (AvgIpc) is 3.03. The smallest absolute Gasteiger partial charge is 0.251 e. The number of carbonyl (C=O) groups excluding carboxylic acids is 1. The largest absolute Gasteiger partial charge is 0.497 e. The molecule has 3 N–H and O–H groups in total. The first-order valence-electron chi connectivity index (χ1n) is 7.89. The van der Waals surface area contributed by atoms with Crippen LogP contribution < -0.4 is 15.4 Å². The Bertz CT molecular complexity index is 563. The summed E-state index contributed by atoms with van der Waals surface area (Å²) in [5, 5.41) is 17.1. The summed E-state index contributed by atoms with van der Waals surface area (Å²) in [6.07, 6.45) is 1.51. The molecule has 1 aromatic rings. The lowest BCUT2D eigenvalue weighted by atomic mass is 9.95. The summed E-state index contributed by atoms with van der Waals surface area (Å²) in [6, 6.07) is 7.49. The van der Waals surface area contributed by atoms with E-state index < -0.39 is 5.60 Å². The van der Waals surface area contributed by atoms with Gasteiger partial charge >= 0.3 is 0 Å². The van der Waals surface area contributed by atoms with Gasteiger partial charge in [0.15, 0.2) is 0 Å². The van der Waals surface area contributed by atoms with Crippen molar-refractivity contribution in [1.29, 1.82) is 0 Å². The van der Waals surface area contributed by atoms with Gasteiger partial charge in [-0.3, -0.25) is 4.79 Å². The maximum absolute atomic E-state index is 12.2. The number of methoxy groups -OCH3 is 1. The number of fused-ring (bicyclic) bond motifs is 1. The van der Waals surface area contributed by atoms with Crippen LogP contribution in [-0.2, 0) is 0 Å². The molecular formula is C17H24N2O3. The summed E-state index contributed by atoms with van der Waals surface area (Å²) in [5.74, 6) is 1.52. The van der Waals surface area contributed by atoms with Crippen molar-refractivity contribution in [3.8, 4) is 5.75 Å². The van der Waals surface area contributed by atoms with E-state index in [0.29, 0.717) is 35.7 Å². The summed E-state index contributed by atoms with van der Waals surface area (Å²) in [6.45, 7) is 3.45. The Balaban J connectivity index is 1.59. The van der Waals surface area contributed by atoms with E-state index in [1.165, 1.54) is 0 Å². The van der Waals surface area contributed by atoms with E-state index in [4.69, 9.17) is 4.74 Å². The molecule has 22 heavy (non-hydrogen) atoms. The highest BCUT2D eigenvalue weighted by Crippen LogP contribution is 2.43. The molecule has 1 saturated carbocycles. The van der Waals surface area contributed by atoms with Crippen molar-refractivity contribution >= 4 is 5.91 Å². The van der Waals surface area contributed by atoms with Crippen molar-refractivity contribution in [1.82, 2.24) is 10.6 Å². The van der Waals surface area contributed by atoms with Gasteiger partial charge in [0.05, 0.1) is 12.7 Å². The van der Waals surface area contributed by atoms with Crippen LogP contribution >= 0.6 is 0 Å². The lowest BCUT2D eigenvalue weighted by Crippen LogP contribution is -2.42. The molecule has 2 fully saturated rings. The molecule has 1 saturated heterocycles. The van der Waals surface area contributed by atoms with Crippen LogP contribution in [-0.4, -0.2) is 42.9 Å². The third-order valence-electron chi connectivity index (χ3n) is 5.12. The number of ether oxygens (including phenoxy) is 1. The van der Waals surface area contributed by atoms with Crippen molar-refractivity contribution in [3.05, 3.63) is 29.8 Å². The number of benzene rings is 1. The summed E-state index contributed by atoms with van der Waals surface area (Å²) in [5.41, 5.74) is -0.226. The molecule has 2 aliphatic rings. The molecule has 5 heteroatoms. The van der Waals surface area contributed by atoms with Gasteiger partial charge in [-0.05, 0) is 56.3 Å². The lowest BCUT2D eigenvalue weighted by molar-refractivity contribution is 0.0364. The van der Waals surface area contributed by atoms with Gasteiger partial charge in [0, 0.05) is 18.2 Å². The molecule has 1 aliphatic heterocycles. The maximum atomic E-state index is 12.2. The first-order valence-corrected chi connectivity index (χ1v) is 7.89. The van der Waals surface area contributed by atoms with Crippen molar-refractivity contribution in [3.63, 3.8) is 0 Å². The van der Waals surface area contributed by atoms with E-state index in [9.17, 15) is 9.90 Å². The van der Waals surface area contributed by atoms with Gasteiger partial charge < -0.3 is 20.5 Å². The molecule has 3 rings (SSSR count). The minimum Gasteiger partial charge on any atom is -0.497 e. The molecule has 1 amide bonds. The maximum Gasteiger partial charge on any atom is 0.251 e. The third-order valence-corrected chi connectivity index (χ3v) is 5.12. The Morgan fingerprint density at radius 2 is 2.32 bits per heavy atom. The highest BCUT2D eigenvalue weighted by Gasteiger charge is 2.48. The fourth-order valence-electron chi connectivity index (χ4n) is 3.88. The second-order valence-electron chi connectivity index (χ2n) is 6.67. The molecule has 0 unspecified atom stereocenters. The highest BCUT2D eigenvalue weighted by atomic mass is 16.5. The summed E-state index contributed by atoms with van der Waals surface area (Å²) in [4.78, 5) is 12.2. The Morgan fingerprint density at radius 1 is 1.50 bits per heavy atom. The predicted octanol–water partition coefficient (Wildman–Crippen LogP) is 1.17. The topological polar surface area (TPSA) is 70.6 Å². The number of carbonyl (C=O) groups is 1. The number of nitrogens with one attached hydrogen (secondary N) is 2. The van der Waals surface area contributed by atoms with Crippen LogP contribution in [0.5, 0.6) is 5.75 Å². The predicted molar refractivity (Wildman–Crippen MR) is 84.0 cm³/mol. The minimum atomic E-state index is -0.778. The van der Waals surface area contributed by atoms with Gasteiger partial charge in [-0.2, -0.15) is 0 Å². The Kier molecular flexibility index (Phi) is 4.10. The standard InChI is InChI=1S/C17H24N2O3/c1-11-15-8-17(21,7-13(15)9-18-11)10-19-16(20)12-4-3-5-14(6-12)22-2/h3-6,11,13,15,18,21H,7-10H2,1-2H3,(H,19,20)/t11-,13+,15+,17-/m1/s1. The van der Waals surface area contributed by atoms with Gasteiger partial charge in [0.1, 0.15) is 5.75 Å². The molecule has 0 bridgehead atoms. The van der Waals surface area contributed by atoms with Crippen LogP contribution in [0.3, 0.4) is 0 Å². The van der Waals surface area contributed by atoms with Gasteiger partial charge in [-0.25, -0.2) is 0 Å². The van der Waals surface area contributed by atoms with Crippen molar-refractivity contribution in [2.75, 3.05) is 20.2 Å². The number of rotatable bonds is 4. The summed E-state index contributed by atoms with van der Waals surface area (Å²) >= 11 is 0. The van der Waals surface area contributed by atoms with E-state index in [2.05, 4.69) is 17.6 Å². The molecule has 0 aromatic heterocycles. The molecule has 1 aromatic carbocycles. The van der Waals surface area contributed by atoms with Crippen LogP contribution in [0.25, 0.3) is 0 Å². The van der Waals surface area contributed by atoms with Crippen molar-refractivity contribution < 1.29 is 14.6 Å². The van der Waals surface area contributed by atoms with Gasteiger partial charge in [-0.15, -0.1) is 0 Å². The van der Waals surface area contributed by atoms with Crippen LogP contribution in [0.1, 0.15) is 30.1 Å². The van der Waals surface area contributed by atoms with Gasteiger partial charge in [0.2, 0.25) is 0 Å². The zero-order chi connectivity index (χ0) is 15.7. The SMILES string of the molecule is COc1cccc(C(=O)NC[C@@]2(O)C[C@H]3CN[C@H](C)[C@@H]3C2)c1. The Hall–Kier alpha value is -1.59. The van der Waals surface area contributed by atoms with E-state index >= 15 is 0 Å².